The molecule has 7 heteroatoms. The molecule has 3 rings (SSSR count). The average molecular weight is 396 g/mol. The van der Waals surface area contributed by atoms with Crippen LogP contribution in [0.15, 0.2) is 88.9 Å². The predicted octanol–water partition coefficient (Wildman–Crippen LogP) is 3.59. The van der Waals surface area contributed by atoms with Crippen LogP contribution in [0.3, 0.4) is 0 Å². The third-order valence-corrected chi connectivity index (χ3v) is 5.10. The Morgan fingerprint density at radius 1 is 0.929 bits per heavy atom. The quantitative estimate of drug-likeness (QED) is 0.466. The Hall–Kier alpha value is -3.32. The lowest BCUT2D eigenvalue weighted by molar-refractivity contribution is 0.284. The molecule has 0 heterocycles. The molecule has 0 unspecified atom stereocenters. The van der Waals surface area contributed by atoms with E-state index in [1.807, 2.05) is 30.3 Å². The Morgan fingerprint density at radius 2 is 1.61 bits per heavy atom. The fraction of sp³-hybridized carbons (Fsp3) is 0.0952. The molecule has 0 fully saturated rings. The number of nitrogens with zero attached hydrogens (tertiary/aromatic N) is 1. The van der Waals surface area contributed by atoms with E-state index in [1.165, 1.54) is 18.3 Å². The van der Waals surface area contributed by atoms with Crippen LogP contribution in [0.2, 0.25) is 0 Å². The summed E-state index contributed by atoms with van der Waals surface area (Å²) in [6.45, 7) is 0.387. The highest BCUT2D eigenvalue weighted by molar-refractivity contribution is 7.89. The highest BCUT2D eigenvalue weighted by Crippen LogP contribution is 2.28. The van der Waals surface area contributed by atoms with Crippen molar-refractivity contribution >= 4 is 16.2 Å². The Morgan fingerprint density at radius 3 is 2.29 bits per heavy atom. The largest absolute Gasteiger partial charge is 0.493 e. The van der Waals surface area contributed by atoms with Crippen molar-refractivity contribution < 1.29 is 17.9 Å². The monoisotopic (exact) mass is 396 g/mol. The van der Waals surface area contributed by atoms with Crippen molar-refractivity contribution in [1.82, 2.24) is 4.83 Å². The summed E-state index contributed by atoms with van der Waals surface area (Å²) in [5.74, 6) is 1.12. The van der Waals surface area contributed by atoms with Gasteiger partial charge in [-0.25, -0.2) is 4.83 Å². The smallest absolute Gasteiger partial charge is 0.276 e. The van der Waals surface area contributed by atoms with Gasteiger partial charge in [-0.1, -0.05) is 48.5 Å². The third kappa shape index (κ3) is 5.11. The maximum atomic E-state index is 12.2. The highest BCUT2D eigenvalue weighted by Gasteiger charge is 2.11. The van der Waals surface area contributed by atoms with E-state index in [0.717, 1.165) is 5.56 Å². The molecule has 28 heavy (non-hydrogen) atoms. The molecule has 3 aromatic carbocycles. The lowest BCUT2D eigenvalue weighted by Gasteiger charge is -2.11. The lowest BCUT2D eigenvalue weighted by Crippen LogP contribution is -2.18. The van der Waals surface area contributed by atoms with Crippen molar-refractivity contribution in [3.05, 3.63) is 90.0 Å². The first-order chi connectivity index (χ1) is 13.6. The van der Waals surface area contributed by atoms with Crippen molar-refractivity contribution in [3.8, 4) is 11.5 Å². The van der Waals surface area contributed by atoms with E-state index < -0.39 is 10.0 Å². The maximum absolute atomic E-state index is 12.2. The third-order valence-electron chi connectivity index (χ3n) is 3.86. The number of benzene rings is 3. The van der Waals surface area contributed by atoms with Crippen molar-refractivity contribution in [2.75, 3.05) is 7.11 Å². The van der Waals surface area contributed by atoms with E-state index in [4.69, 9.17) is 9.47 Å². The molecule has 1 N–H and O–H groups in total. The molecule has 0 aliphatic heterocycles. The van der Waals surface area contributed by atoms with Gasteiger partial charge >= 0.3 is 0 Å². The van der Waals surface area contributed by atoms with Crippen LogP contribution in [-0.4, -0.2) is 21.7 Å². The van der Waals surface area contributed by atoms with Crippen LogP contribution in [0.25, 0.3) is 0 Å². The normalized spacial score (nSPS) is 11.3. The zero-order valence-electron chi connectivity index (χ0n) is 15.3. The zero-order valence-corrected chi connectivity index (χ0v) is 16.1. The van der Waals surface area contributed by atoms with Gasteiger partial charge in [-0.05, 0) is 41.5 Å². The SMILES string of the molecule is COc1ccc(/C=N/NS(=O)(=O)c2ccccc2)cc1OCc1ccccc1. The minimum atomic E-state index is -3.70. The van der Waals surface area contributed by atoms with Gasteiger partial charge in [-0.3, -0.25) is 0 Å². The predicted molar refractivity (Wildman–Crippen MR) is 108 cm³/mol. The van der Waals surface area contributed by atoms with E-state index in [1.54, 1.807) is 43.5 Å². The number of ether oxygens (including phenoxy) is 2. The molecule has 0 aromatic heterocycles. The number of hydrogen-bond acceptors (Lipinski definition) is 5. The maximum Gasteiger partial charge on any atom is 0.276 e. The van der Waals surface area contributed by atoms with E-state index in [0.29, 0.717) is 23.7 Å². The molecule has 0 spiro atoms. The summed E-state index contributed by atoms with van der Waals surface area (Å²) in [6.07, 6.45) is 1.41. The van der Waals surface area contributed by atoms with Crippen LogP contribution in [0.5, 0.6) is 11.5 Å². The molecule has 144 valence electrons. The molecule has 3 aromatic rings. The highest BCUT2D eigenvalue weighted by atomic mass is 32.2. The summed E-state index contributed by atoms with van der Waals surface area (Å²) in [5, 5.41) is 3.85. The summed E-state index contributed by atoms with van der Waals surface area (Å²) >= 11 is 0. The fourth-order valence-electron chi connectivity index (χ4n) is 2.44. The second-order valence-corrected chi connectivity index (χ2v) is 7.51. The van der Waals surface area contributed by atoms with E-state index >= 15 is 0 Å². The molecule has 0 aliphatic carbocycles. The van der Waals surface area contributed by atoms with Gasteiger partial charge in [0.25, 0.3) is 10.0 Å². The number of nitrogens with one attached hydrogen (secondary N) is 1. The fourth-order valence-corrected chi connectivity index (χ4v) is 3.26. The second-order valence-electron chi connectivity index (χ2n) is 5.85. The topological polar surface area (TPSA) is 77.0 Å². The van der Waals surface area contributed by atoms with Gasteiger partial charge in [0.15, 0.2) is 11.5 Å². The van der Waals surface area contributed by atoms with Crippen LogP contribution in [0, 0.1) is 0 Å². The van der Waals surface area contributed by atoms with Crippen LogP contribution < -0.4 is 14.3 Å². The summed E-state index contributed by atoms with van der Waals surface area (Å²) < 4.78 is 35.5. The zero-order chi connectivity index (χ0) is 19.8. The van der Waals surface area contributed by atoms with Crippen LogP contribution in [0.4, 0.5) is 0 Å². The summed E-state index contributed by atoms with van der Waals surface area (Å²) in [7, 11) is -2.14. The van der Waals surface area contributed by atoms with Gasteiger partial charge in [0, 0.05) is 0 Å². The first kappa shape index (κ1) is 19.4. The summed E-state index contributed by atoms with van der Waals surface area (Å²) in [6, 6.07) is 23.1. The standard InChI is InChI=1S/C21H20N2O4S/c1-26-20-13-12-18(14-21(20)27-16-17-8-4-2-5-9-17)15-22-23-28(24,25)19-10-6-3-7-11-19/h2-15,23H,16H2,1H3/b22-15+. The number of hydrazone groups is 1. The summed E-state index contributed by atoms with van der Waals surface area (Å²) in [4.78, 5) is 2.35. The minimum absolute atomic E-state index is 0.147. The van der Waals surface area contributed by atoms with Crippen LogP contribution >= 0.6 is 0 Å². The van der Waals surface area contributed by atoms with Gasteiger partial charge in [0.05, 0.1) is 18.2 Å². The Kier molecular flexibility index (Phi) is 6.29. The van der Waals surface area contributed by atoms with Crippen molar-refractivity contribution in [1.29, 1.82) is 0 Å². The van der Waals surface area contributed by atoms with Crippen molar-refractivity contribution in [2.45, 2.75) is 11.5 Å². The van der Waals surface area contributed by atoms with Crippen LogP contribution in [0.1, 0.15) is 11.1 Å². The Bertz CT molecular complexity index is 1040. The molecular formula is C21H20N2O4S. The molecule has 0 saturated carbocycles. The first-order valence-corrected chi connectivity index (χ1v) is 10.0. The number of rotatable bonds is 8. The minimum Gasteiger partial charge on any atom is -0.493 e. The van der Waals surface area contributed by atoms with Gasteiger partial charge in [0.1, 0.15) is 6.61 Å². The van der Waals surface area contributed by atoms with Crippen molar-refractivity contribution in [2.24, 2.45) is 5.10 Å². The number of hydrogen-bond donors (Lipinski definition) is 1. The molecule has 0 radical (unpaired) electrons. The van der Waals surface area contributed by atoms with Crippen molar-refractivity contribution in [3.63, 3.8) is 0 Å². The Labute approximate surface area is 164 Å². The summed E-state index contributed by atoms with van der Waals surface area (Å²) in [5.41, 5.74) is 1.69. The second kappa shape index (κ2) is 9.05. The molecule has 0 aliphatic rings. The molecule has 0 bridgehead atoms. The number of methoxy groups -OCH3 is 1. The lowest BCUT2D eigenvalue weighted by atomic mass is 10.2. The first-order valence-electron chi connectivity index (χ1n) is 8.53. The van der Waals surface area contributed by atoms with Crippen LogP contribution in [-0.2, 0) is 16.6 Å². The van der Waals surface area contributed by atoms with E-state index in [-0.39, 0.29) is 4.90 Å². The van der Waals surface area contributed by atoms with E-state index in [9.17, 15) is 8.42 Å². The molecule has 0 amide bonds. The molecule has 0 saturated heterocycles. The van der Waals surface area contributed by atoms with Gasteiger partial charge in [0.2, 0.25) is 0 Å². The molecular weight excluding hydrogens is 376 g/mol. The van der Waals surface area contributed by atoms with Gasteiger partial charge < -0.3 is 9.47 Å². The van der Waals surface area contributed by atoms with E-state index in [2.05, 4.69) is 9.93 Å². The molecule has 0 atom stereocenters. The Balaban J connectivity index is 1.71. The number of sulfonamides is 1. The average Bonchev–Trinajstić information content (AvgIpc) is 2.73. The van der Waals surface area contributed by atoms with Gasteiger partial charge in [-0.15, -0.1) is 0 Å². The van der Waals surface area contributed by atoms with Gasteiger partial charge in [-0.2, -0.15) is 13.5 Å². The molecule has 6 nitrogen and oxygen atoms in total.